The van der Waals surface area contributed by atoms with Gasteiger partial charge in [0.15, 0.2) is 0 Å². The number of amides is 2. The second-order valence-corrected chi connectivity index (χ2v) is 9.38. The number of nitrogens with one attached hydrogen (secondary N) is 2. The molecular weight excluding hydrogens is 431 g/mol. The molecule has 0 unspecified atom stereocenters. The predicted octanol–water partition coefficient (Wildman–Crippen LogP) is 3.33. The minimum atomic E-state index is -0.857. The normalized spacial score (nSPS) is 17.8. The van der Waals surface area contributed by atoms with Crippen LogP contribution in [0.4, 0.5) is 20.6 Å². The molecule has 178 valence electrons. The monoisotopic (exact) mass is 460 g/mol. The van der Waals surface area contributed by atoms with Crippen molar-refractivity contribution in [3.63, 3.8) is 0 Å². The van der Waals surface area contributed by atoms with Gasteiger partial charge in [-0.05, 0) is 52.0 Å². The molecule has 0 spiro atoms. The van der Waals surface area contributed by atoms with E-state index in [9.17, 15) is 19.6 Å². The number of alkyl carbamates (subject to hydrolysis) is 1. The molecule has 3 rings (SSSR count). The van der Waals surface area contributed by atoms with Gasteiger partial charge >= 0.3 is 12.1 Å². The zero-order valence-corrected chi connectivity index (χ0v) is 19.3. The third-order valence-corrected chi connectivity index (χ3v) is 5.43. The molecule has 2 N–H and O–H groups in total. The fourth-order valence-corrected chi connectivity index (χ4v) is 3.79. The van der Waals surface area contributed by atoms with E-state index in [0.29, 0.717) is 13.0 Å². The predicted molar refractivity (Wildman–Crippen MR) is 118 cm³/mol. The lowest BCUT2D eigenvalue weighted by atomic mass is 10.0. The van der Waals surface area contributed by atoms with Crippen molar-refractivity contribution in [2.45, 2.75) is 58.1 Å². The van der Waals surface area contributed by atoms with Gasteiger partial charge in [-0.15, -0.1) is 0 Å². The summed E-state index contributed by atoms with van der Waals surface area (Å²) >= 11 is 0. The molecule has 0 bridgehead atoms. The molecule has 2 amide bonds. The highest BCUT2D eigenvalue weighted by Gasteiger charge is 2.33. The largest absolute Gasteiger partial charge is 0.465 e. The van der Waals surface area contributed by atoms with E-state index in [0.717, 1.165) is 26.0 Å². The third-order valence-electron chi connectivity index (χ3n) is 5.43. The zero-order chi connectivity index (χ0) is 24.3. The Morgan fingerprint density at radius 1 is 1.27 bits per heavy atom. The van der Waals surface area contributed by atoms with Crippen molar-refractivity contribution in [3.8, 4) is 6.07 Å². The van der Waals surface area contributed by atoms with Crippen LogP contribution in [0.15, 0.2) is 6.07 Å². The van der Waals surface area contributed by atoms with E-state index in [1.54, 1.807) is 25.7 Å². The van der Waals surface area contributed by atoms with Crippen LogP contribution in [0.25, 0.3) is 0 Å². The summed E-state index contributed by atoms with van der Waals surface area (Å²) in [5, 5.41) is 15.3. The van der Waals surface area contributed by atoms with Crippen molar-refractivity contribution < 1.29 is 28.2 Å². The fraction of sp³-hybridized carbons (Fsp3) is 0.565. The highest BCUT2D eigenvalue weighted by atomic mass is 19.1. The smallest absolute Gasteiger partial charge is 0.407 e. The first-order valence-electron chi connectivity index (χ1n) is 10.9. The van der Waals surface area contributed by atoms with Crippen LogP contribution >= 0.6 is 0 Å². The minimum Gasteiger partial charge on any atom is -0.465 e. The van der Waals surface area contributed by atoms with E-state index in [1.807, 2.05) is 6.07 Å². The van der Waals surface area contributed by atoms with Gasteiger partial charge in [0.1, 0.15) is 23.1 Å². The molecule has 1 aromatic carbocycles. The van der Waals surface area contributed by atoms with Crippen LogP contribution in [0.1, 0.15) is 62.4 Å². The number of hydrogen-bond donors (Lipinski definition) is 2. The Balaban J connectivity index is 1.88. The number of methoxy groups -OCH3 is 1. The molecular formula is C23H29FN4O5. The molecule has 1 atom stereocenters. The van der Waals surface area contributed by atoms with E-state index in [2.05, 4.69) is 10.6 Å². The van der Waals surface area contributed by atoms with Crippen LogP contribution in [0.3, 0.4) is 0 Å². The van der Waals surface area contributed by atoms with E-state index < -0.39 is 23.5 Å². The van der Waals surface area contributed by atoms with Crippen molar-refractivity contribution >= 4 is 29.3 Å². The highest BCUT2D eigenvalue weighted by Crippen LogP contribution is 2.37. The number of rotatable bonds is 6. The first-order valence-corrected chi connectivity index (χ1v) is 10.9. The topological polar surface area (TPSA) is 121 Å². The molecule has 10 heteroatoms. The summed E-state index contributed by atoms with van der Waals surface area (Å²) in [4.78, 5) is 38.4. The second-order valence-electron chi connectivity index (χ2n) is 9.38. The summed E-state index contributed by atoms with van der Waals surface area (Å²) in [5.41, 5.74) is -1.12. The van der Waals surface area contributed by atoms with E-state index in [-0.39, 0.29) is 53.3 Å². The number of nitriles is 1. The number of nitrogens with zero attached hydrogens (tertiary/aromatic N) is 2. The minimum absolute atomic E-state index is 0.0274. The van der Waals surface area contributed by atoms with Crippen LogP contribution in [-0.2, 0) is 14.3 Å². The van der Waals surface area contributed by atoms with Gasteiger partial charge in [-0.25, -0.2) is 14.0 Å². The molecule has 0 aromatic heterocycles. The van der Waals surface area contributed by atoms with E-state index >= 15 is 4.39 Å². The number of anilines is 2. The second kappa shape index (κ2) is 9.65. The molecule has 1 saturated heterocycles. The maximum absolute atomic E-state index is 15.2. The van der Waals surface area contributed by atoms with Crippen LogP contribution in [0.5, 0.6) is 0 Å². The van der Waals surface area contributed by atoms with Crippen LogP contribution < -0.4 is 15.5 Å². The lowest BCUT2D eigenvalue weighted by Gasteiger charge is -2.24. The molecule has 1 aromatic rings. The average Bonchev–Trinajstić information content (AvgIpc) is 3.42. The van der Waals surface area contributed by atoms with Gasteiger partial charge in [-0.1, -0.05) is 0 Å². The zero-order valence-electron chi connectivity index (χ0n) is 19.3. The number of hydrogen-bond acceptors (Lipinski definition) is 7. The Labute approximate surface area is 192 Å². The first-order chi connectivity index (χ1) is 15.5. The van der Waals surface area contributed by atoms with Gasteiger partial charge in [0.05, 0.1) is 30.1 Å². The number of benzene rings is 1. The highest BCUT2D eigenvalue weighted by molar-refractivity contribution is 6.04. The maximum atomic E-state index is 15.2. The molecule has 9 nitrogen and oxygen atoms in total. The van der Waals surface area contributed by atoms with Crippen molar-refractivity contribution in [2.75, 3.05) is 30.4 Å². The van der Waals surface area contributed by atoms with Crippen LogP contribution in [0.2, 0.25) is 0 Å². The summed E-state index contributed by atoms with van der Waals surface area (Å²) in [5.74, 6) is -1.70. The summed E-state index contributed by atoms with van der Waals surface area (Å²) in [6.07, 6.45) is 2.10. The van der Waals surface area contributed by atoms with Crippen molar-refractivity contribution in [2.24, 2.45) is 5.92 Å². The van der Waals surface area contributed by atoms with Gasteiger partial charge in [0, 0.05) is 19.5 Å². The van der Waals surface area contributed by atoms with Gasteiger partial charge in [-0.3, -0.25) is 4.79 Å². The fourth-order valence-electron chi connectivity index (χ4n) is 3.79. The van der Waals surface area contributed by atoms with Crippen molar-refractivity contribution in [3.05, 3.63) is 23.0 Å². The lowest BCUT2D eigenvalue weighted by Crippen LogP contribution is -2.40. The number of carbonyl (C=O) groups excluding carboxylic acids is 3. The number of carbonyl (C=O) groups is 3. The quantitative estimate of drug-likeness (QED) is 0.625. The summed E-state index contributed by atoms with van der Waals surface area (Å²) in [6, 6.07) is 2.60. The SMILES string of the molecule is COC(=O)c1cc(F)c(N2CC[C@H](NC(=O)OC(C)(C)C)C2)c(C#N)c1NC(=O)CC1CC1. The summed E-state index contributed by atoms with van der Waals surface area (Å²) in [7, 11) is 1.14. The molecule has 1 heterocycles. The average molecular weight is 461 g/mol. The Bertz CT molecular complexity index is 994. The summed E-state index contributed by atoms with van der Waals surface area (Å²) in [6.45, 7) is 5.86. The number of esters is 1. The Kier molecular flexibility index (Phi) is 7.10. The molecule has 33 heavy (non-hydrogen) atoms. The van der Waals surface area contributed by atoms with Crippen LogP contribution in [0, 0.1) is 23.1 Å². The van der Waals surface area contributed by atoms with Gasteiger partial charge in [0.2, 0.25) is 5.91 Å². The van der Waals surface area contributed by atoms with Crippen molar-refractivity contribution in [1.82, 2.24) is 5.32 Å². The molecule has 2 aliphatic rings. The van der Waals surface area contributed by atoms with Gasteiger partial charge in [-0.2, -0.15) is 5.26 Å². The Morgan fingerprint density at radius 3 is 2.55 bits per heavy atom. The van der Waals surface area contributed by atoms with Gasteiger partial charge < -0.3 is 25.0 Å². The lowest BCUT2D eigenvalue weighted by molar-refractivity contribution is -0.116. The maximum Gasteiger partial charge on any atom is 0.407 e. The Morgan fingerprint density at radius 2 is 1.97 bits per heavy atom. The Hall–Kier alpha value is -3.35. The standard InChI is InChI=1S/C23H29FN4O5/c1-23(2,3)33-22(31)26-14-7-8-28(12-14)20-16(11-25)19(27-18(29)9-13-5-6-13)15(10-17(20)24)21(30)32-4/h10,13-14H,5-9,12H2,1-4H3,(H,26,31)(H,27,29)/t14-/m0/s1. The van der Waals surface area contributed by atoms with Crippen LogP contribution in [-0.4, -0.2) is 49.8 Å². The number of ether oxygens (including phenoxy) is 2. The van der Waals surface area contributed by atoms with E-state index in [4.69, 9.17) is 9.47 Å². The molecule has 0 radical (unpaired) electrons. The number of halogens is 1. The first kappa shape index (κ1) is 24.3. The van der Waals surface area contributed by atoms with Gasteiger partial charge in [0.25, 0.3) is 0 Å². The molecule has 1 aliphatic carbocycles. The summed E-state index contributed by atoms with van der Waals surface area (Å²) < 4.78 is 25.2. The third kappa shape index (κ3) is 6.12. The van der Waals surface area contributed by atoms with E-state index in [1.165, 1.54) is 0 Å². The molecule has 1 saturated carbocycles. The van der Waals surface area contributed by atoms with Crippen molar-refractivity contribution in [1.29, 1.82) is 5.26 Å². The molecule has 2 fully saturated rings. The molecule has 1 aliphatic heterocycles.